The maximum atomic E-state index is 13.8. The van der Waals surface area contributed by atoms with E-state index < -0.39 is 10.0 Å². The van der Waals surface area contributed by atoms with Crippen LogP contribution >= 0.6 is 0 Å². The van der Waals surface area contributed by atoms with E-state index in [0.29, 0.717) is 56.1 Å². The van der Waals surface area contributed by atoms with Crippen molar-refractivity contribution in [1.29, 1.82) is 0 Å². The first-order valence-electron chi connectivity index (χ1n) is 15.5. The Morgan fingerprint density at radius 1 is 1.02 bits per heavy atom. The van der Waals surface area contributed by atoms with Crippen LogP contribution in [0.3, 0.4) is 0 Å². The lowest BCUT2D eigenvalue weighted by Gasteiger charge is -2.26. The molecule has 9 heteroatoms. The molecule has 2 aromatic carbocycles. The van der Waals surface area contributed by atoms with Gasteiger partial charge in [-0.1, -0.05) is 58.4 Å². The van der Waals surface area contributed by atoms with Gasteiger partial charge in [-0.3, -0.25) is 13.9 Å². The quantitative estimate of drug-likeness (QED) is 0.331. The van der Waals surface area contributed by atoms with Crippen LogP contribution in [0.1, 0.15) is 86.8 Å². The van der Waals surface area contributed by atoms with Crippen LogP contribution in [0.15, 0.2) is 42.5 Å². The SMILES string of the molecule is CCC[C@H](NC[C@H]1Cc2cccc(c2)CCCCc2cc(cc(N(CCC)S(C)(=O)=O)c2)C(=O)N1)C(=O)NCC(C)C. The summed E-state index contributed by atoms with van der Waals surface area (Å²) < 4.78 is 26.7. The number of anilines is 1. The van der Waals surface area contributed by atoms with Crippen molar-refractivity contribution in [2.24, 2.45) is 5.92 Å². The molecule has 0 fully saturated rings. The molecule has 0 spiro atoms. The Labute approximate surface area is 253 Å². The Bertz CT molecular complexity index is 1290. The molecule has 8 nitrogen and oxygen atoms in total. The van der Waals surface area contributed by atoms with Gasteiger partial charge < -0.3 is 16.0 Å². The third kappa shape index (κ3) is 10.4. The highest BCUT2D eigenvalue weighted by atomic mass is 32.2. The topological polar surface area (TPSA) is 108 Å². The van der Waals surface area contributed by atoms with Gasteiger partial charge in [0.2, 0.25) is 15.9 Å². The maximum Gasteiger partial charge on any atom is 0.251 e. The molecular weight excluding hydrogens is 548 g/mol. The van der Waals surface area contributed by atoms with Crippen molar-refractivity contribution in [3.8, 4) is 0 Å². The van der Waals surface area contributed by atoms with Gasteiger partial charge in [0.05, 0.1) is 18.0 Å². The van der Waals surface area contributed by atoms with Crippen LogP contribution in [0.4, 0.5) is 5.69 Å². The highest BCUT2D eigenvalue weighted by Crippen LogP contribution is 2.24. The van der Waals surface area contributed by atoms with E-state index in [0.717, 1.165) is 43.2 Å². The highest BCUT2D eigenvalue weighted by Gasteiger charge is 2.23. The molecule has 4 bridgehead atoms. The summed E-state index contributed by atoms with van der Waals surface area (Å²) in [4.78, 5) is 26.7. The number of nitrogens with zero attached hydrogens (tertiary/aromatic N) is 1. The summed E-state index contributed by atoms with van der Waals surface area (Å²) in [6.07, 6.45) is 7.68. The van der Waals surface area contributed by atoms with E-state index in [1.165, 1.54) is 16.1 Å². The molecule has 232 valence electrons. The summed E-state index contributed by atoms with van der Waals surface area (Å²) in [5, 5.41) is 9.68. The number of fused-ring (bicyclic) bond motifs is 4. The van der Waals surface area contributed by atoms with Gasteiger partial charge in [0.25, 0.3) is 5.91 Å². The van der Waals surface area contributed by atoms with E-state index in [1.54, 1.807) is 6.07 Å². The number of amides is 2. The molecule has 0 aliphatic carbocycles. The Morgan fingerprint density at radius 2 is 1.74 bits per heavy atom. The van der Waals surface area contributed by atoms with E-state index in [2.05, 4.69) is 61.0 Å². The van der Waals surface area contributed by atoms with E-state index in [9.17, 15) is 18.0 Å². The summed E-state index contributed by atoms with van der Waals surface area (Å²) in [6, 6.07) is 13.4. The van der Waals surface area contributed by atoms with E-state index in [1.807, 2.05) is 19.1 Å². The minimum Gasteiger partial charge on any atom is -0.354 e. The average Bonchev–Trinajstić information content (AvgIpc) is 2.93. The number of carbonyl (C=O) groups excluding carboxylic acids is 2. The highest BCUT2D eigenvalue weighted by molar-refractivity contribution is 7.92. The molecule has 2 amide bonds. The minimum absolute atomic E-state index is 0.0195. The van der Waals surface area contributed by atoms with Crippen LogP contribution in [0.25, 0.3) is 0 Å². The molecule has 2 atom stereocenters. The van der Waals surface area contributed by atoms with Gasteiger partial charge in [-0.2, -0.15) is 0 Å². The number of carbonyl (C=O) groups is 2. The second-order valence-corrected chi connectivity index (χ2v) is 13.9. The standard InChI is InChI=1S/C33H50N4O4S/c1-6-11-31(33(39)35-22-24(3)4)34-23-29-19-26-15-10-14-25(17-26)12-8-9-13-27-18-28(32(38)36-29)21-30(20-27)37(16-7-2)42(5,40)41/h10,14-15,17-18,20-21,24,29,31,34H,6-9,11-13,16,19,22-23H2,1-5H3,(H,35,39)(H,36,38)/t29-,31+/m1/s1. The van der Waals surface area contributed by atoms with Crippen LogP contribution in [0.5, 0.6) is 0 Å². The molecule has 0 saturated carbocycles. The third-order valence-corrected chi connectivity index (χ3v) is 8.73. The zero-order valence-electron chi connectivity index (χ0n) is 26.0. The van der Waals surface area contributed by atoms with Crippen LogP contribution in [0.2, 0.25) is 0 Å². The van der Waals surface area contributed by atoms with Crippen LogP contribution in [-0.4, -0.2) is 58.2 Å². The summed E-state index contributed by atoms with van der Waals surface area (Å²) in [5.41, 5.74) is 4.32. The molecule has 0 aromatic heterocycles. The van der Waals surface area contributed by atoms with Crippen molar-refractivity contribution >= 4 is 27.5 Å². The molecule has 42 heavy (non-hydrogen) atoms. The Morgan fingerprint density at radius 3 is 2.40 bits per heavy atom. The van der Waals surface area contributed by atoms with Crippen molar-refractivity contribution in [2.45, 2.75) is 91.1 Å². The predicted octanol–water partition coefficient (Wildman–Crippen LogP) is 4.61. The normalized spacial score (nSPS) is 16.8. The van der Waals surface area contributed by atoms with Gasteiger partial charge in [0.1, 0.15) is 0 Å². The smallest absolute Gasteiger partial charge is 0.251 e. The van der Waals surface area contributed by atoms with Crippen molar-refractivity contribution in [3.63, 3.8) is 0 Å². The number of aryl methyl sites for hydroxylation is 2. The molecule has 0 radical (unpaired) electrons. The second-order valence-electron chi connectivity index (χ2n) is 12.0. The number of hydrogen-bond acceptors (Lipinski definition) is 5. The molecule has 1 heterocycles. The molecule has 1 aliphatic heterocycles. The number of rotatable bonds is 12. The molecule has 1 aliphatic rings. The van der Waals surface area contributed by atoms with Crippen molar-refractivity contribution in [2.75, 3.05) is 30.2 Å². The average molecular weight is 599 g/mol. The fraction of sp³-hybridized carbons (Fsp3) is 0.576. The Hall–Kier alpha value is -2.91. The first kappa shape index (κ1) is 33.6. The number of hydrogen-bond donors (Lipinski definition) is 3. The van der Waals surface area contributed by atoms with Gasteiger partial charge in [0, 0.05) is 31.2 Å². The van der Waals surface area contributed by atoms with Gasteiger partial charge in [-0.05, 0) is 85.8 Å². The molecule has 0 saturated heterocycles. The molecule has 3 rings (SSSR count). The zero-order valence-corrected chi connectivity index (χ0v) is 26.9. The van der Waals surface area contributed by atoms with E-state index in [4.69, 9.17) is 0 Å². The molecule has 3 N–H and O–H groups in total. The lowest BCUT2D eigenvalue weighted by Crippen LogP contribution is -2.51. The number of sulfonamides is 1. The van der Waals surface area contributed by atoms with Crippen LogP contribution < -0.4 is 20.3 Å². The summed E-state index contributed by atoms with van der Waals surface area (Å²) >= 11 is 0. The fourth-order valence-corrected chi connectivity index (χ4v) is 6.41. The Balaban J connectivity index is 1.93. The second kappa shape index (κ2) is 16.1. The van der Waals surface area contributed by atoms with Gasteiger partial charge in [-0.25, -0.2) is 8.42 Å². The molecule has 2 aromatic rings. The minimum atomic E-state index is -3.51. The largest absolute Gasteiger partial charge is 0.354 e. The molecular formula is C33H50N4O4S. The summed E-state index contributed by atoms with van der Waals surface area (Å²) in [6.45, 7) is 9.53. The van der Waals surface area contributed by atoms with E-state index in [-0.39, 0.29) is 23.9 Å². The van der Waals surface area contributed by atoms with Gasteiger partial charge in [-0.15, -0.1) is 0 Å². The lowest BCUT2D eigenvalue weighted by atomic mass is 9.97. The summed E-state index contributed by atoms with van der Waals surface area (Å²) in [5.74, 6) is 0.0900. The zero-order chi connectivity index (χ0) is 30.7. The van der Waals surface area contributed by atoms with Crippen LogP contribution in [-0.2, 0) is 34.1 Å². The van der Waals surface area contributed by atoms with Crippen molar-refractivity contribution in [1.82, 2.24) is 16.0 Å². The first-order chi connectivity index (χ1) is 20.0. The predicted molar refractivity (Wildman–Crippen MR) is 172 cm³/mol. The number of benzene rings is 2. The summed E-state index contributed by atoms with van der Waals surface area (Å²) in [7, 11) is -3.51. The first-order valence-corrected chi connectivity index (χ1v) is 17.4. The van der Waals surface area contributed by atoms with Crippen LogP contribution in [0, 0.1) is 5.92 Å². The third-order valence-electron chi connectivity index (χ3n) is 7.53. The Kier molecular flexibility index (Phi) is 12.9. The van der Waals surface area contributed by atoms with Crippen molar-refractivity contribution in [3.05, 3.63) is 64.7 Å². The van der Waals surface area contributed by atoms with Gasteiger partial charge >= 0.3 is 0 Å². The number of nitrogens with one attached hydrogen (secondary N) is 3. The van der Waals surface area contributed by atoms with E-state index >= 15 is 0 Å². The molecule has 0 unspecified atom stereocenters. The lowest BCUT2D eigenvalue weighted by molar-refractivity contribution is -0.123. The van der Waals surface area contributed by atoms with Crippen molar-refractivity contribution < 1.29 is 18.0 Å². The van der Waals surface area contributed by atoms with Gasteiger partial charge in [0.15, 0.2) is 0 Å². The fourth-order valence-electron chi connectivity index (χ4n) is 5.41. The monoisotopic (exact) mass is 598 g/mol. The maximum absolute atomic E-state index is 13.8.